The first-order chi connectivity index (χ1) is 21.4. The van der Waals surface area contributed by atoms with Gasteiger partial charge in [0, 0.05) is 40.9 Å². The maximum atomic E-state index is 14.1. The zero-order chi connectivity index (χ0) is 30.6. The summed E-state index contributed by atoms with van der Waals surface area (Å²) in [6.07, 6.45) is 4.69. The third kappa shape index (κ3) is 6.43. The van der Waals surface area contributed by atoms with Gasteiger partial charge in [-0.15, -0.1) is 0 Å². The second kappa shape index (κ2) is 12.9. The number of hydrogen-bond donors (Lipinski definition) is 1. The lowest BCUT2D eigenvalue weighted by Crippen LogP contribution is -2.33. The lowest BCUT2D eigenvalue weighted by atomic mass is 9.93. The first-order valence-corrected chi connectivity index (χ1v) is 14.5. The minimum Gasteiger partial charge on any atom is -0.473 e. The maximum Gasteiger partial charge on any atom is 0.256 e. The fourth-order valence-corrected chi connectivity index (χ4v) is 5.54. The molecule has 0 bridgehead atoms. The van der Waals surface area contributed by atoms with Crippen LogP contribution in [0.4, 0.5) is 4.39 Å². The summed E-state index contributed by atoms with van der Waals surface area (Å²) in [5, 5.41) is 3.13. The predicted octanol–water partition coefficient (Wildman–Crippen LogP) is 5.43. The molecule has 0 spiro atoms. The van der Waals surface area contributed by atoms with Crippen LogP contribution in [0, 0.1) is 5.82 Å². The molecule has 10 nitrogen and oxygen atoms in total. The zero-order valence-corrected chi connectivity index (χ0v) is 24.8. The molecule has 2 aliphatic rings. The van der Waals surface area contributed by atoms with Gasteiger partial charge in [0.05, 0.1) is 23.8 Å². The first-order valence-electron chi connectivity index (χ1n) is 14.2. The number of imidazole rings is 1. The number of nitrogens with one attached hydrogen (secondary N) is 1. The van der Waals surface area contributed by atoms with Crippen molar-refractivity contribution in [1.82, 2.24) is 24.8 Å². The van der Waals surface area contributed by atoms with Crippen LogP contribution in [0.1, 0.15) is 46.2 Å². The molecule has 44 heavy (non-hydrogen) atoms. The summed E-state index contributed by atoms with van der Waals surface area (Å²) in [4.78, 5) is 36.7. The number of rotatable bonds is 8. The number of carbonyl (C=O) groups excluding carboxylic acids is 1. The maximum absolute atomic E-state index is 14.1. The monoisotopic (exact) mass is 612 g/mol. The smallest absolute Gasteiger partial charge is 0.256 e. The van der Waals surface area contributed by atoms with Gasteiger partial charge in [-0.2, -0.15) is 0 Å². The average molecular weight is 613 g/mol. The number of ether oxygens (including phenoxy) is 1. The van der Waals surface area contributed by atoms with Gasteiger partial charge in [-0.05, 0) is 69.0 Å². The van der Waals surface area contributed by atoms with E-state index in [1.54, 1.807) is 30.3 Å². The average Bonchev–Trinajstić information content (AvgIpc) is 3.59. The van der Waals surface area contributed by atoms with E-state index in [1.807, 2.05) is 25.2 Å². The van der Waals surface area contributed by atoms with Gasteiger partial charge in [-0.1, -0.05) is 23.7 Å². The molecule has 1 amide bonds. The zero-order valence-electron chi connectivity index (χ0n) is 24.1. The van der Waals surface area contributed by atoms with E-state index in [0.717, 1.165) is 48.5 Å². The number of carbonyl (C=O) groups is 1. The summed E-state index contributed by atoms with van der Waals surface area (Å²) in [5.74, 6) is 1.33. The standard InChI is InChI=1S/C32H30ClFN8O2/c1-35-16-27-31(37-19-36-27)40-32(43)21-7-9-28-26(14-21)38-29(41(28)2)17-42-12-10-20(11-13-42)25-4-3-5-30(39-25)44-18-22-6-8-23(33)15-24(22)34/h3-9,14-16,19-20H,1,10-13,17-18H2,2H3,(H,36,37,40,43)/b27-16+. The highest BCUT2D eigenvalue weighted by atomic mass is 35.5. The number of likely N-dealkylation sites (tertiary alicyclic amines) is 1. The topological polar surface area (TPSA) is 109 Å². The lowest BCUT2D eigenvalue weighted by molar-refractivity contribution is 0.0977. The molecule has 1 N–H and O–H groups in total. The number of fused-ring (bicyclic) bond motifs is 1. The molecule has 0 unspecified atom stereocenters. The number of pyridine rings is 1. The molecule has 224 valence electrons. The Morgan fingerprint density at radius 1 is 1.18 bits per heavy atom. The van der Waals surface area contributed by atoms with E-state index >= 15 is 0 Å². The minimum atomic E-state index is -0.397. The predicted molar refractivity (Wildman–Crippen MR) is 169 cm³/mol. The highest BCUT2D eigenvalue weighted by Gasteiger charge is 2.24. The van der Waals surface area contributed by atoms with Crippen molar-refractivity contribution >= 4 is 47.4 Å². The van der Waals surface area contributed by atoms with Crippen LogP contribution in [0.3, 0.4) is 0 Å². The summed E-state index contributed by atoms with van der Waals surface area (Å²) in [6.45, 7) is 5.98. The number of hydrogen-bond acceptors (Lipinski definition) is 8. The normalized spacial score (nSPS) is 16.4. The number of aromatic nitrogens is 3. The number of aryl methyl sites for hydroxylation is 1. The number of halogens is 2. The summed E-state index contributed by atoms with van der Waals surface area (Å²) in [5.41, 5.74) is 4.02. The number of aliphatic imine (C=N–C) groups is 3. The Balaban J connectivity index is 1.06. The van der Waals surface area contributed by atoms with Gasteiger partial charge >= 0.3 is 0 Å². The van der Waals surface area contributed by atoms with Gasteiger partial charge in [0.2, 0.25) is 5.88 Å². The van der Waals surface area contributed by atoms with Gasteiger partial charge in [0.25, 0.3) is 5.91 Å². The number of amidine groups is 1. The largest absolute Gasteiger partial charge is 0.473 e. The van der Waals surface area contributed by atoms with Crippen molar-refractivity contribution in [3.63, 3.8) is 0 Å². The Hall–Kier alpha value is -4.74. The van der Waals surface area contributed by atoms with Crippen LogP contribution in [0.2, 0.25) is 5.02 Å². The van der Waals surface area contributed by atoms with E-state index in [-0.39, 0.29) is 12.5 Å². The molecule has 0 radical (unpaired) electrons. The molecule has 0 saturated carbocycles. The molecule has 0 aliphatic carbocycles. The molecule has 1 saturated heterocycles. The highest BCUT2D eigenvalue weighted by molar-refractivity contribution is 6.30. The van der Waals surface area contributed by atoms with Gasteiger partial charge in [-0.3, -0.25) is 14.7 Å². The van der Waals surface area contributed by atoms with E-state index in [0.29, 0.717) is 46.0 Å². The summed E-state index contributed by atoms with van der Waals surface area (Å²) >= 11 is 5.85. The van der Waals surface area contributed by atoms with E-state index in [2.05, 4.69) is 36.5 Å². The van der Waals surface area contributed by atoms with Gasteiger partial charge in [0.15, 0.2) is 5.84 Å². The van der Waals surface area contributed by atoms with E-state index < -0.39 is 5.82 Å². The van der Waals surface area contributed by atoms with Crippen LogP contribution in [0.15, 0.2) is 81.5 Å². The van der Waals surface area contributed by atoms with Gasteiger partial charge in [0.1, 0.15) is 30.3 Å². The SMILES string of the molecule is C=N/C=C1/N=CN=C1NC(=O)c1ccc2c(c1)nc(CN1CCC(c3cccc(OCc4ccc(Cl)cc4F)n3)CC1)n2C. The number of nitrogens with zero attached hydrogens (tertiary/aromatic N) is 7. The first kappa shape index (κ1) is 29.3. The second-order valence-electron chi connectivity index (χ2n) is 10.6. The molecule has 6 rings (SSSR count). The minimum absolute atomic E-state index is 0.0814. The summed E-state index contributed by atoms with van der Waals surface area (Å²) in [6, 6.07) is 15.8. The summed E-state index contributed by atoms with van der Waals surface area (Å²) < 4.78 is 22.0. The Morgan fingerprint density at radius 3 is 2.82 bits per heavy atom. The molecule has 1 fully saturated rings. The van der Waals surface area contributed by atoms with Crippen LogP contribution in [0.25, 0.3) is 11.0 Å². The highest BCUT2D eigenvalue weighted by Crippen LogP contribution is 2.29. The Morgan fingerprint density at radius 2 is 2.02 bits per heavy atom. The lowest BCUT2D eigenvalue weighted by Gasteiger charge is -2.31. The van der Waals surface area contributed by atoms with Crippen molar-refractivity contribution in [3.05, 3.63) is 100.0 Å². The van der Waals surface area contributed by atoms with Crippen molar-refractivity contribution in [3.8, 4) is 5.88 Å². The second-order valence-corrected chi connectivity index (χ2v) is 11.1. The molecular weight excluding hydrogens is 583 g/mol. The van der Waals surface area contributed by atoms with Crippen molar-refractivity contribution in [2.45, 2.75) is 31.9 Å². The van der Waals surface area contributed by atoms with Crippen molar-refractivity contribution < 1.29 is 13.9 Å². The summed E-state index contributed by atoms with van der Waals surface area (Å²) in [7, 11) is 1.99. The molecular formula is C32H30ClFN8O2. The third-order valence-corrected chi connectivity index (χ3v) is 8.05. The van der Waals surface area contributed by atoms with Crippen LogP contribution in [0.5, 0.6) is 5.88 Å². The van der Waals surface area contributed by atoms with E-state index in [9.17, 15) is 9.18 Å². The van der Waals surface area contributed by atoms with Crippen LogP contribution in [-0.2, 0) is 20.2 Å². The molecule has 2 aromatic carbocycles. The van der Waals surface area contributed by atoms with E-state index in [1.165, 1.54) is 18.6 Å². The van der Waals surface area contributed by atoms with E-state index in [4.69, 9.17) is 26.3 Å². The fraction of sp³-hybridized carbons (Fsp3) is 0.250. The molecule has 12 heteroatoms. The third-order valence-electron chi connectivity index (χ3n) is 7.81. The van der Waals surface area contributed by atoms with Crippen molar-refractivity contribution in [2.24, 2.45) is 22.0 Å². The Labute approximate surface area is 258 Å². The molecule has 0 atom stereocenters. The molecule has 2 aromatic heterocycles. The number of benzene rings is 2. The number of amides is 1. The fourth-order valence-electron chi connectivity index (χ4n) is 5.38. The van der Waals surface area contributed by atoms with Gasteiger partial charge < -0.3 is 14.6 Å². The van der Waals surface area contributed by atoms with Crippen molar-refractivity contribution in [2.75, 3.05) is 13.1 Å². The molecule has 2 aliphatic heterocycles. The van der Waals surface area contributed by atoms with Gasteiger partial charge in [-0.25, -0.2) is 24.3 Å². The van der Waals surface area contributed by atoms with Crippen LogP contribution in [-0.4, -0.2) is 57.3 Å². The quantitative estimate of drug-likeness (QED) is 0.267. The Kier molecular flexibility index (Phi) is 8.58. The number of piperidine rings is 1. The molecule has 4 aromatic rings. The van der Waals surface area contributed by atoms with Crippen LogP contribution >= 0.6 is 11.6 Å². The Bertz CT molecular complexity index is 1820. The van der Waals surface area contributed by atoms with Crippen LogP contribution < -0.4 is 10.1 Å². The van der Waals surface area contributed by atoms with Crippen molar-refractivity contribution in [1.29, 1.82) is 0 Å². The molecule has 4 heterocycles.